The van der Waals surface area contributed by atoms with Gasteiger partial charge in [0, 0.05) is 60.6 Å². The highest BCUT2D eigenvalue weighted by molar-refractivity contribution is 6.31. The summed E-state index contributed by atoms with van der Waals surface area (Å²) in [5.41, 5.74) is 2.95. The van der Waals surface area contributed by atoms with E-state index in [-0.39, 0.29) is 6.61 Å². The van der Waals surface area contributed by atoms with Crippen molar-refractivity contribution >= 4 is 45.8 Å². The molecule has 176 valence electrons. The van der Waals surface area contributed by atoms with Crippen molar-refractivity contribution in [3.8, 4) is 0 Å². The van der Waals surface area contributed by atoms with E-state index >= 15 is 0 Å². The molecule has 1 aliphatic heterocycles. The number of nitrogens with zero attached hydrogens (tertiary/aromatic N) is 4. The second-order valence-electron chi connectivity index (χ2n) is 7.67. The van der Waals surface area contributed by atoms with Crippen LogP contribution in [0.5, 0.6) is 0 Å². The van der Waals surface area contributed by atoms with Gasteiger partial charge in [0.05, 0.1) is 25.3 Å². The first-order chi connectivity index (χ1) is 16.2. The van der Waals surface area contributed by atoms with Gasteiger partial charge in [0.25, 0.3) is 0 Å². The molecular formula is C23H30ClN7O2. The summed E-state index contributed by atoms with van der Waals surface area (Å²) >= 11 is 6.10. The fourth-order valence-electron chi connectivity index (χ4n) is 3.88. The normalized spacial score (nSPS) is 13.8. The molecule has 2 aromatic heterocycles. The van der Waals surface area contributed by atoms with Crippen LogP contribution in [0, 0.1) is 0 Å². The Balaban J connectivity index is 1.48. The number of pyridine rings is 1. The Hall–Kier alpha value is -2.88. The standard InChI is InChI=1S/C23H30ClN7O2/c1-2-17-21(29-23(28-9-12-32)30-22(17)31-10-13-33-14-11-31)27-8-7-26-19-5-6-25-20-15-16(24)3-4-18(19)20/h3-6,15,32H,2,7-14H2,1H3,(H,25,26)(H2,27,28,29,30). The zero-order chi connectivity index (χ0) is 23.0. The number of halogens is 1. The Morgan fingerprint density at radius 2 is 1.88 bits per heavy atom. The lowest BCUT2D eigenvalue weighted by molar-refractivity contribution is 0.122. The largest absolute Gasteiger partial charge is 0.395 e. The quantitative estimate of drug-likeness (QED) is 0.332. The summed E-state index contributed by atoms with van der Waals surface area (Å²) in [6.45, 7) is 6.85. The second-order valence-corrected chi connectivity index (χ2v) is 8.11. The van der Waals surface area contributed by atoms with Crippen LogP contribution in [0.3, 0.4) is 0 Å². The molecule has 3 aromatic rings. The average Bonchev–Trinajstić information content (AvgIpc) is 2.85. The van der Waals surface area contributed by atoms with Crippen LogP contribution >= 0.6 is 11.6 Å². The predicted octanol–water partition coefficient (Wildman–Crippen LogP) is 3.01. The number of aliphatic hydroxyl groups excluding tert-OH is 1. The van der Waals surface area contributed by atoms with Crippen molar-refractivity contribution in [1.29, 1.82) is 0 Å². The Morgan fingerprint density at radius 1 is 1.06 bits per heavy atom. The molecule has 0 unspecified atom stereocenters. The maximum atomic E-state index is 9.21. The molecular weight excluding hydrogens is 442 g/mol. The predicted molar refractivity (Wildman–Crippen MR) is 134 cm³/mol. The molecule has 33 heavy (non-hydrogen) atoms. The van der Waals surface area contributed by atoms with E-state index in [4.69, 9.17) is 21.3 Å². The van der Waals surface area contributed by atoms with Gasteiger partial charge in [-0.05, 0) is 30.7 Å². The number of anilines is 4. The first-order valence-corrected chi connectivity index (χ1v) is 11.7. The van der Waals surface area contributed by atoms with E-state index in [1.807, 2.05) is 24.3 Å². The maximum Gasteiger partial charge on any atom is 0.226 e. The number of rotatable bonds is 10. The van der Waals surface area contributed by atoms with Crippen molar-refractivity contribution in [2.24, 2.45) is 0 Å². The molecule has 0 amide bonds. The molecule has 0 saturated carbocycles. The molecule has 0 spiro atoms. The van der Waals surface area contributed by atoms with Crippen LogP contribution in [-0.2, 0) is 11.2 Å². The van der Waals surface area contributed by atoms with Crippen LogP contribution in [0.25, 0.3) is 10.9 Å². The number of fused-ring (bicyclic) bond motifs is 1. The minimum Gasteiger partial charge on any atom is -0.395 e. The van der Waals surface area contributed by atoms with E-state index in [0.29, 0.717) is 43.8 Å². The minimum atomic E-state index is 0.0174. The first-order valence-electron chi connectivity index (χ1n) is 11.3. The van der Waals surface area contributed by atoms with Crippen molar-refractivity contribution in [1.82, 2.24) is 15.0 Å². The number of benzene rings is 1. The van der Waals surface area contributed by atoms with Gasteiger partial charge in [-0.3, -0.25) is 4.98 Å². The van der Waals surface area contributed by atoms with Crippen molar-refractivity contribution in [3.63, 3.8) is 0 Å². The second kappa shape index (κ2) is 11.3. The average molecular weight is 472 g/mol. The number of hydrogen-bond acceptors (Lipinski definition) is 9. The summed E-state index contributed by atoms with van der Waals surface area (Å²) in [7, 11) is 0. The third-order valence-electron chi connectivity index (χ3n) is 5.48. The molecule has 1 fully saturated rings. The molecule has 9 nitrogen and oxygen atoms in total. The molecule has 0 bridgehead atoms. The van der Waals surface area contributed by atoms with Crippen LogP contribution in [0.15, 0.2) is 30.5 Å². The van der Waals surface area contributed by atoms with Crippen LogP contribution < -0.4 is 20.9 Å². The van der Waals surface area contributed by atoms with Crippen molar-refractivity contribution in [2.45, 2.75) is 13.3 Å². The number of ether oxygens (including phenoxy) is 1. The number of aliphatic hydroxyl groups is 1. The third-order valence-corrected chi connectivity index (χ3v) is 5.72. The summed E-state index contributed by atoms with van der Waals surface area (Å²) in [6.07, 6.45) is 2.58. The molecule has 0 atom stereocenters. The molecule has 4 rings (SSSR count). The van der Waals surface area contributed by atoms with E-state index in [1.165, 1.54) is 0 Å². The molecule has 1 saturated heterocycles. The van der Waals surface area contributed by atoms with Crippen LogP contribution in [0.2, 0.25) is 5.02 Å². The lowest BCUT2D eigenvalue weighted by atomic mass is 10.2. The fourth-order valence-corrected chi connectivity index (χ4v) is 4.05. The van der Waals surface area contributed by atoms with Crippen LogP contribution in [-0.4, -0.2) is 72.6 Å². The first kappa shape index (κ1) is 23.3. The smallest absolute Gasteiger partial charge is 0.226 e. The summed E-state index contributed by atoms with van der Waals surface area (Å²) < 4.78 is 5.51. The monoisotopic (exact) mass is 471 g/mol. The van der Waals surface area contributed by atoms with Gasteiger partial charge >= 0.3 is 0 Å². The van der Waals surface area contributed by atoms with Gasteiger partial charge in [-0.2, -0.15) is 9.97 Å². The Bertz CT molecular complexity index is 1080. The van der Waals surface area contributed by atoms with Crippen LogP contribution in [0.1, 0.15) is 12.5 Å². The maximum absolute atomic E-state index is 9.21. The lowest BCUT2D eigenvalue weighted by Crippen LogP contribution is -2.37. The molecule has 0 radical (unpaired) electrons. The number of aromatic nitrogens is 3. The van der Waals surface area contributed by atoms with E-state index in [9.17, 15) is 5.11 Å². The highest BCUT2D eigenvalue weighted by atomic mass is 35.5. The Kier molecular flexibility index (Phi) is 7.98. The van der Waals surface area contributed by atoms with Crippen molar-refractivity contribution < 1.29 is 9.84 Å². The Morgan fingerprint density at radius 3 is 2.67 bits per heavy atom. The van der Waals surface area contributed by atoms with E-state index in [1.54, 1.807) is 6.20 Å². The molecule has 3 heterocycles. The van der Waals surface area contributed by atoms with Crippen molar-refractivity contribution in [3.05, 3.63) is 41.0 Å². The van der Waals surface area contributed by atoms with E-state index < -0.39 is 0 Å². The van der Waals surface area contributed by atoms with Gasteiger partial charge < -0.3 is 30.7 Å². The van der Waals surface area contributed by atoms with Crippen molar-refractivity contribution in [2.75, 3.05) is 73.4 Å². The lowest BCUT2D eigenvalue weighted by Gasteiger charge is -2.30. The highest BCUT2D eigenvalue weighted by Gasteiger charge is 2.20. The van der Waals surface area contributed by atoms with Gasteiger partial charge in [0.15, 0.2) is 0 Å². The van der Waals surface area contributed by atoms with E-state index in [2.05, 4.69) is 37.7 Å². The summed E-state index contributed by atoms with van der Waals surface area (Å²) in [5.74, 6) is 2.24. The number of morpholine rings is 1. The summed E-state index contributed by atoms with van der Waals surface area (Å²) in [4.78, 5) is 16.1. The zero-order valence-electron chi connectivity index (χ0n) is 18.8. The van der Waals surface area contributed by atoms with Gasteiger partial charge in [-0.25, -0.2) is 0 Å². The molecule has 0 aliphatic carbocycles. The van der Waals surface area contributed by atoms with Gasteiger partial charge in [-0.1, -0.05) is 18.5 Å². The molecule has 1 aliphatic rings. The SMILES string of the molecule is CCc1c(NCCNc2ccnc3cc(Cl)ccc23)nc(NCCO)nc1N1CCOCC1. The Labute approximate surface area is 198 Å². The fraction of sp³-hybridized carbons (Fsp3) is 0.435. The van der Waals surface area contributed by atoms with Gasteiger partial charge in [-0.15, -0.1) is 0 Å². The molecule has 10 heteroatoms. The topological polar surface area (TPSA) is 107 Å². The number of nitrogens with one attached hydrogen (secondary N) is 3. The number of hydrogen-bond donors (Lipinski definition) is 4. The minimum absolute atomic E-state index is 0.0174. The van der Waals surface area contributed by atoms with Gasteiger partial charge in [0.2, 0.25) is 5.95 Å². The van der Waals surface area contributed by atoms with Gasteiger partial charge in [0.1, 0.15) is 11.6 Å². The zero-order valence-corrected chi connectivity index (χ0v) is 19.5. The molecule has 1 aromatic carbocycles. The van der Waals surface area contributed by atoms with Crippen LogP contribution in [0.4, 0.5) is 23.3 Å². The highest BCUT2D eigenvalue weighted by Crippen LogP contribution is 2.28. The van der Waals surface area contributed by atoms with E-state index in [0.717, 1.165) is 53.3 Å². The summed E-state index contributed by atoms with van der Waals surface area (Å²) in [5, 5.41) is 21.0. The third kappa shape index (κ3) is 5.73. The summed E-state index contributed by atoms with van der Waals surface area (Å²) in [6, 6.07) is 7.68. The molecule has 4 N–H and O–H groups in total.